The summed E-state index contributed by atoms with van der Waals surface area (Å²) >= 11 is 1.65. The summed E-state index contributed by atoms with van der Waals surface area (Å²) in [6.07, 6.45) is 14.3. The molecule has 0 atom stereocenters. The Kier molecular flexibility index (Phi) is 9.11. The monoisotopic (exact) mass is 348 g/mol. The Morgan fingerprint density at radius 2 is 1.38 bits per heavy atom. The topological polar surface area (TPSA) is 35.0 Å². The Morgan fingerprint density at radius 1 is 0.792 bits per heavy atom. The van der Waals surface area contributed by atoms with E-state index in [1.54, 1.807) is 11.3 Å². The zero-order valence-electron chi connectivity index (χ0n) is 15.4. The second-order valence-corrected chi connectivity index (χ2v) is 7.25. The van der Waals surface area contributed by atoms with Crippen LogP contribution in [0.2, 0.25) is 0 Å². The molecule has 0 aliphatic carbocycles. The number of thiophene rings is 1. The summed E-state index contributed by atoms with van der Waals surface area (Å²) in [7, 11) is 0. The van der Waals surface area contributed by atoms with Crippen LogP contribution < -0.4 is 4.74 Å². The molecule has 2 aromatic rings. The number of nitrogens with zero attached hydrogens (tertiary/aromatic N) is 2. The summed E-state index contributed by atoms with van der Waals surface area (Å²) < 4.78 is 5.91. The van der Waals surface area contributed by atoms with E-state index in [1.165, 1.54) is 57.8 Å². The van der Waals surface area contributed by atoms with Gasteiger partial charge in [0.1, 0.15) is 11.2 Å². The summed E-state index contributed by atoms with van der Waals surface area (Å²) in [4.78, 5) is 9.26. The van der Waals surface area contributed by atoms with Gasteiger partial charge >= 0.3 is 0 Å². The summed E-state index contributed by atoms with van der Waals surface area (Å²) in [5.74, 6) is 0.735. The molecule has 0 radical (unpaired) electrons. The molecular weight excluding hydrogens is 316 g/mol. The highest BCUT2D eigenvalue weighted by molar-refractivity contribution is 7.09. The molecule has 0 spiro atoms. The molecule has 2 heterocycles. The summed E-state index contributed by atoms with van der Waals surface area (Å²) in [6.45, 7) is 5.14. The van der Waals surface area contributed by atoms with Gasteiger partial charge in [0, 0.05) is 10.8 Å². The van der Waals surface area contributed by atoms with E-state index in [4.69, 9.17) is 4.74 Å². The van der Waals surface area contributed by atoms with Crippen molar-refractivity contribution in [3.8, 4) is 5.88 Å². The molecule has 2 rings (SSSR count). The standard InChI is InChI=1S/C20H32N2OS/c1-3-5-6-7-8-9-10-11-12-13-14-23-20-17(4-2)21-18-15-24-16-19(18)22-20/h15-16H,3-14H2,1-2H3. The fourth-order valence-corrected chi connectivity index (χ4v) is 3.60. The summed E-state index contributed by atoms with van der Waals surface area (Å²) in [5, 5.41) is 4.09. The van der Waals surface area contributed by atoms with Gasteiger partial charge in [-0.05, 0) is 12.8 Å². The smallest absolute Gasteiger partial charge is 0.236 e. The van der Waals surface area contributed by atoms with Crippen LogP contribution >= 0.6 is 11.3 Å². The number of hydrogen-bond acceptors (Lipinski definition) is 4. The Morgan fingerprint density at radius 3 is 2.00 bits per heavy atom. The predicted octanol–water partition coefficient (Wildman–Crippen LogP) is 6.55. The second kappa shape index (κ2) is 11.4. The highest BCUT2D eigenvalue weighted by Crippen LogP contribution is 2.22. The lowest BCUT2D eigenvalue weighted by molar-refractivity contribution is 0.290. The maximum absolute atomic E-state index is 5.91. The zero-order chi connectivity index (χ0) is 17.0. The minimum absolute atomic E-state index is 0.735. The SMILES string of the molecule is CCCCCCCCCCCCOc1nc2cscc2nc1CC. The number of ether oxygens (including phenoxy) is 1. The van der Waals surface area contributed by atoms with Crippen LogP contribution in [0.15, 0.2) is 10.8 Å². The lowest BCUT2D eigenvalue weighted by Gasteiger charge is -2.09. The van der Waals surface area contributed by atoms with Crippen molar-refractivity contribution in [1.29, 1.82) is 0 Å². The molecule has 0 fully saturated rings. The first-order valence-electron chi connectivity index (χ1n) is 9.70. The van der Waals surface area contributed by atoms with E-state index < -0.39 is 0 Å². The van der Waals surface area contributed by atoms with E-state index in [-0.39, 0.29) is 0 Å². The summed E-state index contributed by atoms with van der Waals surface area (Å²) in [5.41, 5.74) is 2.92. The van der Waals surface area contributed by atoms with E-state index in [0.29, 0.717) is 0 Å². The van der Waals surface area contributed by atoms with Crippen LogP contribution in [-0.4, -0.2) is 16.6 Å². The van der Waals surface area contributed by atoms with Crippen molar-refractivity contribution < 1.29 is 4.74 Å². The van der Waals surface area contributed by atoms with Crippen molar-refractivity contribution in [2.24, 2.45) is 0 Å². The molecule has 3 nitrogen and oxygen atoms in total. The van der Waals surface area contributed by atoms with Crippen LogP contribution in [0, 0.1) is 0 Å². The van der Waals surface area contributed by atoms with Gasteiger partial charge in [-0.25, -0.2) is 9.97 Å². The molecule has 0 saturated heterocycles. The average molecular weight is 349 g/mol. The van der Waals surface area contributed by atoms with E-state index in [2.05, 4.69) is 23.8 Å². The number of aryl methyl sites for hydroxylation is 1. The molecular formula is C20H32N2OS. The van der Waals surface area contributed by atoms with Crippen LogP contribution in [0.4, 0.5) is 0 Å². The first kappa shape index (κ1) is 19.2. The highest BCUT2D eigenvalue weighted by atomic mass is 32.1. The van der Waals surface area contributed by atoms with Crippen molar-refractivity contribution >= 4 is 22.4 Å². The number of hydrogen-bond donors (Lipinski definition) is 0. The summed E-state index contributed by atoms with van der Waals surface area (Å²) in [6, 6.07) is 0. The minimum atomic E-state index is 0.735. The molecule has 0 amide bonds. The van der Waals surface area contributed by atoms with Crippen LogP contribution in [0.5, 0.6) is 5.88 Å². The van der Waals surface area contributed by atoms with Gasteiger partial charge in [0.25, 0.3) is 0 Å². The first-order chi connectivity index (χ1) is 11.8. The second-order valence-electron chi connectivity index (χ2n) is 6.50. The largest absolute Gasteiger partial charge is 0.476 e. The quantitative estimate of drug-likeness (QED) is 0.385. The fraction of sp³-hybridized carbons (Fsp3) is 0.700. The van der Waals surface area contributed by atoms with Crippen LogP contribution in [0.25, 0.3) is 11.0 Å². The third-order valence-electron chi connectivity index (χ3n) is 4.42. The highest BCUT2D eigenvalue weighted by Gasteiger charge is 2.09. The van der Waals surface area contributed by atoms with Gasteiger partial charge in [-0.2, -0.15) is 0 Å². The molecule has 0 aliphatic heterocycles. The minimum Gasteiger partial charge on any atom is -0.476 e. The van der Waals surface area contributed by atoms with E-state index in [0.717, 1.165) is 42.1 Å². The molecule has 24 heavy (non-hydrogen) atoms. The molecule has 0 aromatic carbocycles. The van der Waals surface area contributed by atoms with Gasteiger partial charge in [0.2, 0.25) is 5.88 Å². The lowest BCUT2D eigenvalue weighted by Crippen LogP contribution is -2.04. The predicted molar refractivity (Wildman–Crippen MR) is 104 cm³/mol. The lowest BCUT2D eigenvalue weighted by atomic mass is 10.1. The zero-order valence-corrected chi connectivity index (χ0v) is 16.2. The Hall–Kier alpha value is -1.16. The van der Waals surface area contributed by atoms with E-state index >= 15 is 0 Å². The van der Waals surface area contributed by atoms with Crippen LogP contribution in [-0.2, 0) is 6.42 Å². The number of aromatic nitrogens is 2. The maximum atomic E-state index is 5.91. The fourth-order valence-electron chi connectivity index (χ4n) is 2.92. The molecule has 0 aliphatic rings. The Labute approximate surface area is 150 Å². The Bertz CT molecular complexity index is 582. The molecule has 0 unspecified atom stereocenters. The van der Waals surface area contributed by atoms with Gasteiger partial charge in [-0.1, -0.05) is 71.6 Å². The number of fused-ring (bicyclic) bond motifs is 1. The normalized spacial score (nSPS) is 11.2. The average Bonchev–Trinajstić information content (AvgIpc) is 3.06. The van der Waals surface area contributed by atoms with Gasteiger partial charge in [0.15, 0.2) is 0 Å². The van der Waals surface area contributed by atoms with E-state index in [1.807, 2.05) is 10.8 Å². The van der Waals surface area contributed by atoms with Gasteiger partial charge in [-0.3, -0.25) is 0 Å². The Balaban J connectivity index is 1.57. The molecule has 134 valence electrons. The van der Waals surface area contributed by atoms with Crippen molar-refractivity contribution in [3.05, 3.63) is 16.5 Å². The maximum Gasteiger partial charge on any atom is 0.236 e. The third-order valence-corrected chi connectivity index (χ3v) is 5.14. The molecule has 0 N–H and O–H groups in total. The molecule has 0 bridgehead atoms. The van der Waals surface area contributed by atoms with Crippen LogP contribution in [0.1, 0.15) is 83.7 Å². The van der Waals surface area contributed by atoms with Gasteiger partial charge in [-0.15, -0.1) is 11.3 Å². The van der Waals surface area contributed by atoms with Crippen molar-refractivity contribution in [2.75, 3.05) is 6.61 Å². The first-order valence-corrected chi connectivity index (χ1v) is 10.6. The van der Waals surface area contributed by atoms with Crippen LogP contribution in [0.3, 0.4) is 0 Å². The molecule has 2 aromatic heterocycles. The molecule has 0 saturated carbocycles. The van der Waals surface area contributed by atoms with Crippen molar-refractivity contribution in [2.45, 2.75) is 84.5 Å². The van der Waals surface area contributed by atoms with Crippen molar-refractivity contribution in [3.63, 3.8) is 0 Å². The number of rotatable bonds is 13. The van der Waals surface area contributed by atoms with Gasteiger partial charge in [0.05, 0.1) is 12.1 Å². The van der Waals surface area contributed by atoms with Crippen molar-refractivity contribution in [1.82, 2.24) is 9.97 Å². The third kappa shape index (κ3) is 6.39. The number of unbranched alkanes of at least 4 members (excludes halogenated alkanes) is 9. The molecule has 4 heteroatoms. The van der Waals surface area contributed by atoms with Gasteiger partial charge < -0.3 is 4.74 Å². The van der Waals surface area contributed by atoms with E-state index in [9.17, 15) is 0 Å².